The molecular weight excluding hydrogens is 1610 g/mol. The molecule has 0 aliphatic heterocycles. The van der Waals surface area contributed by atoms with Crippen molar-refractivity contribution in [1.82, 2.24) is 17.5 Å². The van der Waals surface area contributed by atoms with Crippen LogP contribution in [0.3, 0.4) is 0 Å². The van der Waals surface area contributed by atoms with Gasteiger partial charge in [-0.3, -0.25) is 0 Å². The summed E-state index contributed by atoms with van der Waals surface area (Å²) in [5, 5.41) is 4.04. The van der Waals surface area contributed by atoms with Crippen molar-refractivity contribution in [3.63, 3.8) is 0 Å². The van der Waals surface area contributed by atoms with Crippen LogP contribution in [0, 0.1) is 61.0 Å². The van der Waals surface area contributed by atoms with Crippen LogP contribution in [0.1, 0.15) is 257 Å². The second-order valence-electron chi connectivity index (χ2n) is 31.7. The first-order valence-electron chi connectivity index (χ1n) is 42.9. The minimum absolute atomic E-state index is 0.164. The molecule has 20 heteroatoms. The molecule has 8 nitrogen and oxygen atoms in total. The zero-order valence-corrected chi connectivity index (χ0v) is 77.7. The molecule has 6 unspecified atom stereocenters. The molecule has 12 rings (SSSR count). The van der Waals surface area contributed by atoms with Crippen LogP contribution in [0.2, 0.25) is 10.0 Å². The third-order valence-corrected chi connectivity index (χ3v) is 32.5. The van der Waals surface area contributed by atoms with Crippen LogP contribution in [-0.2, 0) is 12.8 Å². The zero-order valence-electron chi connectivity index (χ0n) is 69.7. The Bertz CT molecular complexity index is 5020. The lowest BCUT2D eigenvalue weighted by atomic mass is 9.95. The second kappa shape index (κ2) is 42.2. The van der Waals surface area contributed by atoms with Gasteiger partial charge in [-0.05, 0) is 149 Å². The fourth-order valence-corrected chi connectivity index (χ4v) is 25.1. The lowest BCUT2D eigenvalue weighted by Gasteiger charge is -2.24. The van der Waals surface area contributed by atoms with Gasteiger partial charge in [0.2, 0.25) is 0 Å². The number of unbranched alkanes of at least 4 members (excludes halogenated alkanes) is 6. The molecular formula is C94H118Cl2F2N4O4S8. The Kier molecular flexibility index (Phi) is 32.6. The van der Waals surface area contributed by atoms with E-state index >= 15 is 8.78 Å². The molecule has 8 aromatic heterocycles. The standard InChI is InChI=1S/C94H118Cl2F2N4O4S8/c1-15-27-33-57(21-7)44-75-67(95)49-78(110-75)80-65-43-55(13)107-93(65)81(79-50-68(96)76(111-79)45-58(22-8)34-28-16-2)66-48-77(112-94(66)80)84-88-87(101-114-102-88)83(91(105-53-61(25-11)37-31-19-5)92(84)106-54-62(26-12)38-32-20-6)74-42-40-72(109-74)64-47-69(97)63(46-70(64)98)71-39-41-73(108-71)82-86-85(99-113-100-86)56(14)89(103-51-59(23-9)35-29-17-3)90(82)104-52-60(24-10)36-30-18-4/h39-43,46-50,57-62H,15-38,44-45,51-54H2,1-14H3. The number of hydrogen-bond acceptors (Lipinski definition) is 16. The molecule has 0 spiro atoms. The molecule has 0 N–H and O–H groups in total. The number of halogens is 4. The Hall–Kier alpha value is -5.12. The van der Waals surface area contributed by atoms with Crippen LogP contribution < -0.4 is 18.9 Å². The van der Waals surface area contributed by atoms with Crippen molar-refractivity contribution in [2.75, 3.05) is 26.4 Å². The van der Waals surface area contributed by atoms with E-state index in [1.807, 2.05) is 58.3 Å². The van der Waals surface area contributed by atoms with Crippen molar-refractivity contribution < 1.29 is 27.7 Å². The molecule has 4 aromatic carbocycles. The second-order valence-corrected chi connectivity index (χ2v) is 40.4. The molecule has 114 heavy (non-hydrogen) atoms. The molecule has 0 amide bonds. The van der Waals surface area contributed by atoms with E-state index in [0.717, 1.165) is 198 Å². The molecule has 8 heterocycles. The molecule has 614 valence electrons. The van der Waals surface area contributed by atoms with E-state index in [0.29, 0.717) is 99.4 Å². The SMILES string of the molecule is CCCCC(CC)COc1c(OCC(CC)CCCC)c(-c2ccc(-c3cc(F)c(-c4ccc(-c5c(OCC(CC)CCCC)c(OCC(CC)CCCC)c(-c6cc7c(-c8cc(Cl)c(CC(CC)CCCC)s8)c8sc(C)cc8c(-c8cc(Cl)c(CC(CC)CCCC)s8)c7s6)c6nsnc56)s4)cc3F)s2)c2nsnc2c1C. The summed E-state index contributed by atoms with van der Waals surface area (Å²) in [6, 6.07) is 19.8. The van der Waals surface area contributed by atoms with Crippen molar-refractivity contribution in [3.8, 4) is 96.1 Å². The first-order chi connectivity index (χ1) is 55.5. The van der Waals surface area contributed by atoms with Crippen molar-refractivity contribution in [3.05, 3.63) is 103 Å². The molecule has 0 saturated heterocycles. The molecule has 6 atom stereocenters. The van der Waals surface area contributed by atoms with E-state index in [-0.39, 0.29) is 23.0 Å². The van der Waals surface area contributed by atoms with Crippen LogP contribution >= 0.6 is 115 Å². The number of rotatable bonds is 47. The van der Waals surface area contributed by atoms with Crippen LogP contribution in [0.25, 0.3) is 115 Å². The van der Waals surface area contributed by atoms with E-state index in [4.69, 9.17) is 59.6 Å². The summed E-state index contributed by atoms with van der Waals surface area (Å²) in [5.74, 6) is 3.83. The average Bonchev–Trinajstić information content (AvgIpc) is 1.53. The monoisotopic (exact) mass is 1730 g/mol. The summed E-state index contributed by atoms with van der Waals surface area (Å²) in [6.07, 6.45) is 28.1. The van der Waals surface area contributed by atoms with Crippen LogP contribution in [0.5, 0.6) is 23.0 Å². The number of aryl methyl sites for hydroxylation is 2. The highest BCUT2D eigenvalue weighted by atomic mass is 35.5. The van der Waals surface area contributed by atoms with Crippen molar-refractivity contribution in [2.24, 2.45) is 35.5 Å². The third-order valence-electron chi connectivity index (χ3n) is 23.7. The van der Waals surface area contributed by atoms with Gasteiger partial charge in [0.15, 0.2) is 23.0 Å². The highest BCUT2D eigenvalue weighted by Crippen LogP contribution is 2.60. The van der Waals surface area contributed by atoms with E-state index < -0.39 is 11.6 Å². The van der Waals surface area contributed by atoms with Gasteiger partial charge in [0.05, 0.1) is 76.6 Å². The largest absolute Gasteiger partial charge is 0.489 e. The number of fused-ring (bicyclic) bond motifs is 4. The Morgan fingerprint density at radius 3 is 1.06 bits per heavy atom. The van der Waals surface area contributed by atoms with Crippen molar-refractivity contribution >= 4 is 157 Å². The van der Waals surface area contributed by atoms with Crippen LogP contribution in [0.15, 0.2) is 60.7 Å². The lowest BCUT2D eigenvalue weighted by Crippen LogP contribution is -2.15. The van der Waals surface area contributed by atoms with Gasteiger partial charge in [0, 0.05) is 96.8 Å². The first-order valence-corrected chi connectivity index (χ1v) is 50.0. The average molecular weight is 1730 g/mol. The highest BCUT2D eigenvalue weighted by molar-refractivity contribution is 7.25. The minimum atomic E-state index is -0.535. The van der Waals surface area contributed by atoms with E-state index in [2.05, 4.69) is 121 Å². The van der Waals surface area contributed by atoms with Gasteiger partial charge in [-0.15, -0.1) is 68.0 Å². The number of hydrogen-bond donors (Lipinski definition) is 0. The molecule has 12 aromatic rings. The first kappa shape index (κ1) is 88.2. The maximum Gasteiger partial charge on any atom is 0.172 e. The van der Waals surface area contributed by atoms with Crippen LogP contribution in [0.4, 0.5) is 8.78 Å². The predicted molar refractivity (Wildman–Crippen MR) is 497 cm³/mol. The molecule has 0 aliphatic carbocycles. The number of thiophene rings is 6. The number of aromatic nitrogens is 4. The van der Waals surface area contributed by atoms with Gasteiger partial charge in [0.25, 0.3) is 0 Å². The summed E-state index contributed by atoms with van der Waals surface area (Å²) in [4.78, 5) is 9.81. The minimum Gasteiger partial charge on any atom is -0.489 e. The maximum absolute atomic E-state index is 17.7. The summed E-state index contributed by atoms with van der Waals surface area (Å²) in [5.41, 5.74) is 8.84. The Morgan fingerprint density at radius 1 is 0.342 bits per heavy atom. The Morgan fingerprint density at radius 2 is 0.667 bits per heavy atom. The summed E-state index contributed by atoms with van der Waals surface area (Å²) in [7, 11) is 0. The maximum atomic E-state index is 17.7. The van der Waals surface area contributed by atoms with Gasteiger partial charge >= 0.3 is 0 Å². The molecule has 0 bridgehead atoms. The fraction of sp³-hybridized carbons (Fsp3) is 0.532. The molecule has 0 saturated carbocycles. The van der Waals surface area contributed by atoms with Gasteiger partial charge < -0.3 is 18.9 Å². The summed E-state index contributed by atoms with van der Waals surface area (Å²) < 4.78 is 87.2. The molecule has 0 fully saturated rings. The molecule has 0 aliphatic rings. The smallest absolute Gasteiger partial charge is 0.172 e. The molecule has 0 radical (unpaired) electrons. The lowest BCUT2D eigenvalue weighted by molar-refractivity contribution is 0.199. The van der Waals surface area contributed by atoms with Gasteiger partial charge in [-0.25, -0.2) is 8.78 Å². The Labute approximate surface area is 720 Å². The van der Waals surface area contributed by atoms with E-state index in [9.17, 15) is 0 Å². The van der Waals surface area contributed by atoms with Gasteiger partial charge in [-0.1, -0.05) is 235 Å². The third kappa shape index (κ3) is 20.0. The Balaban J connectivity index is 1.02. The van der Waals surface area contributed by atoms with Crippen LogP contribution in [-0.4, -0.2) is 43.9 Å². The van der Waals surface area contributed by atoms with E-state index in [1.165, 1.54) is 135 Å². The zero-order chi connectivity index (χ0) is 80.7. The normalized spacial score (nSPS) is 13.7. The predicted octanol–water partition coefficient (Wildman–Crippen LogP) is 34.1. The summed E-state index contributed by atoms with van der Waals surface area (Å²) >= 11 is 27.5. The quantitative estimate of drug-likeness (QED) is 0.0373. The van der Waals surface area contributed by atoms with Crippen molar-refractivity contribution in [1.29, 1.82) is 0 Å². The van der Waals surface area contributed by atoms with E-state index in [1.54, 1.807) is 11.3 Å². The number of nitrogens with zero attached hydrogens (tertiary/aromatic N) is 4. The number of benzene rings is 4. The highest BCUT2D eigenvalue weighted by Gasteiger charge is 2.35. The van der Waals surface area contributed by atoms with Gasteiger partial charge in [0.1, 0.15) is 33.7 Å². The summed E-state index contributed by atoms with van der Waals surface area (Å²) in [6.45, 7) is 33.4. The number of ether oxygens (including phenoxy) is 4. The fourth-order valence-electron chi connectivity index (χ4n) is 16.1. The van der Waals surface area contributed by atoms with Crippen molar-refractivity contribution in [2.45, 2.75) is 264 Å². The topological polar surface area (TPSA) is 88.5 Å². The van der Waals surface area contributed by atoms with Gasteiger partial charge in [-0.2, -0.15) is 17.5 Å².